The third-order valence-electron chi connectivity index (χ3n) is 5.73. The second kappa shape index (κ2) is 9.23. The maximum Gasteiger partial charge on any atom is 0.261 e. The molecule has 1 N–H and O–H groups in total. The number of aliphatic hydroxyl groups excluding tert-OH is 1. The average molecular weight is 395 g/mol. The van der Waals surface area contributed by atoms with Gasteiger partial charge in [-0.2, -0.15) is 0 Å². The fourth-order valence-electron chi connectivity index (χ4n) is 3.65. The summed E-state index contributed by atoms with van der Waals surface area (Å²) in [6, 6.07) is 14.2. The molecule has 1 aliphatic heterocycles. The zero-order valence-corrected chi connectivity index (χ0v) is 17.3. The van der Waals surface area contributed by atoms with Crippen molar-refractivity contribution in [3.05, 3.63) is 65.2 Å². The number of carbonyl (C=O) groups is 2. The van der Waals surface area contributed by atoms with Crippen molar-refractivity contribution in [2.75, 3.05) is 13.2 Å². The minimum Gasteiger partial charge on any atom is -0.493 e. The number of nitrogens with zero attached hydrogens (tertiary/aromatic N) is 1. The molecule has 29 heavy (non-hydrogen) atoms. The summed E-state index contributed by atoms with van der Waals surface area (Å²) in [7, 11) is 0. The summed E-state index contributed by atoms with van der Waals surface area (Å²) in [5.41, 5.74) is 1.57. The first-order valence-electron chi connectivity index (χ1n) is 10.3. The van der Waals surface area contributed by atoms with Crippen molar-refractivity contribution in [2.45, 2.75) is 39.7 Å². The highest BCUT2D eigenvalue weighted by molar-refractivity contribution is 6.21. The van der Waals surface area contributed by atoms with Crippen LogP contribution in [-0.2, 0) is 0 Å². The number of hydrogen-bond acceptors (Lipinski definition) is 4. The number of amides is 2. The molecule has 0 aromatic heterocycles. The molecule has 1 heterocycles. The quantitative estimate of drug-likeness (QED) is 0.636. The molecule has 3 rings (SSSR count). The van der Waals surface area contributed by atoms with E-state index in [4.69, 9.17) is 4.74 Å². The lowest BCUT2D eigenvalue weighted by atomic mass is 9.96. The minimum atomic E-state index is -0.809. The summed E-state index contributed by atoms with van der Waals surface area (Å²) in [5.74, 6) is 0.322. The summed E-state index contributed by atoms with van der Waals surface area (Å²) in [4.78, 5) is 26.4. The molecule has 0 fully saturated rings. The first-order valence-corrected chi connectivity index (χ1v) is 10.3. The normalized spacial score (nSPS) is 15.6. The number of hydrogen-bond donors (Lipinski definition) is 1. The molecule has 154 valence electrons. The minimum absolute atomic E-state index is 0.159. The molecule has 0 saturated carbocycles. The number of fused-ring (bicyclic) bond motifs is 1. The molecule has 0 spiro atoms. The lowest BCUT2D eigenvalue weighted by Crippen LogP contribution is -2.35. The number of rotatable bonds is 9. The Morgan fingerprint density at radius 3 is 2.17 bits per heavy atom. The van der Waals surface area contributed by atoms with Crippen molar-refractivity contribution < 1.29 is 19.4 Å². The number of carbonyl (C=O) groups excluding carboxylic acids is 2. The van der Waals surface area contributed by atoms with Gasteiger partial charge in [-0.15, -0.1) is 0 Å². The Bertz CT molecular complexity index is 840. The van der Waals surface area contributed by atoms with E-state index in [1.807, 2.05) is 31.2 Å². The van der Waals surface area contributed by atoms with Gasteiger partial charge in [-0.3, -0.25) is 14.5 Å². The van der Waals surface area contributed by atoms with Gasteiger partial charge in [0.15, 0.2) is 0 Å². The van der Waals surface area contributed by atoms with Crippen LogP contribution in [0.2, 0.25) is 0 Å². The monoisotopic (exact) mass is 395 g/mol. The van der Waals surface area contributed by atoms with Crippen LogP contribution in [0.15, 0.2) is 48.5 Å². The maximum atomic E-state index is 12.6. The van der Waals surface area contributed by atoms with E-state index in [2.05, 4.69) is 13.8 Å². The van der Waals surface area contributed by atoms with Gasteiger partial charge in [-0.05, 0) is 35.7 Å². The van der Waals surface area contributed by atoms with Crippen molar-refractivity contribution in [3.63, 3.8) is 0 Å². The standard InChI is InChI=1S/C24H29NO4/c1-4-17(5-2)15-29-19-10-8-9-18(13-19)22(26)16(3)14-25-23(27)20-11-6-7-12-21(20)24(25)28/h6-13,16-17,22,26H,4-5,14-15H2,1-3H3/t16-,22-/m1/s1. The SMILES string of the molecule is CCC(CC)COc1cccc([C@H](O)[C@H](C)CN2C(=O)c3ccccc3C2=O)c1. The third-order valence-corrected chi connectivity index (χ3v) is 5.73. The Kier molecular flexibility index (Phi) is 6.70. The predicted molar refractivity (Wildman–Crippen MR) is 112 cm³/mol. The van der Waals surface area contributed by atoms with Gasteiger partial charge in [0.1, 0.15) is 5.75 Å². The molecule has 2 atom stereocenters. The summed E-state index contributed by atoms with van der Waals surface area (Å²) in [6.07, 6.45) is 1.32. The van der Waals surface area contributed by atoms with Gasteiger partial charge in [0, 0.05) is 12.5 Å². The van der Waals surface area contributed by atoms with Crippen molar-refractivity contribution in [1.82, 2.24) is 4.90 Å². The summed E-state index contributed by atoms with van der Waals surface area (Å²) in [6.45, 7) is 6.95. The van der Waals surface area contributed by atoms with E-state index in [9.17, 15) is 14.7 Å². The van der Waals surface area contributed by atoms with E-state index < -0.39 is 6.10 Å². The van der Waals surface area contributed by atoms with Crippen molar-refractivity contribution in [3.8, 4) is 5.75 Å². The Balaban J connectivity index is 1.66. The Morgan fingerprint density at radius 1 is 0.966 bits per heavy atom. The molecule has 2 amide bonds. The average Bonchev–Trinajstić information content (AvgIpc) is 2.99. The van der Waals surface area contributed by atoms with Gasteiger partial charge in [0.25, 0.3) is 11.8 Å². The van der Waals surface area contributed by atoms with Gasteiger partial charge in [0.05, 0.1) is 23.8 Å². The number of ether oxygens (including phenoxy) is 1. The van der Waals surface area contributed by atoms with Crippen LogP contribution in [-0.4, -0.2) is 35.0 Å². The molecule has 0 radical (unpaired) electrons. The zero-order chi connectivity index (χ0) is 21.0. The van der Waals surface area contributed by atoms with Crippen LogP contribution in [0.25, 0.3) is 0 Å². The van der Waals surface area contributed by atoms with Crippen LogP contribution in [0.3, 0.4) is 0 Å². The van der Waals surface area contributed by atoms with Crippen molar-refractivity contribution in [2.24, 2.45) is 11.8 Å². The zero-order valence-electron chi connectivity index (χ0n) is 17.3. The molecule has 0 unspecified atom stereocenters. The number of aliphatic hydroxyl groups is 1. The first kappa shape index (κ1) is 21.1. The Morgan fingerprint density at radius 2 is 1.59 bits per heavy atom. The predicted octanol–water partition coefficient (Wildman–Crippen LogP) is 4.47. The van der Waals surface area contributed by atoms with E-state index in [0.717, 1.165) is 24.2 Å². The van der Waals surface area contributed by atoms with Crippen LogP contribution in [0.4, 0.5) is 0 Å². The molecule has 0 saturated heterocycles. The largest absolute Gasteiger partial charge is 0.493 e. The smallest absolute Gasteiger partial charge is 0.261 e. The van der Waals surface area contributed by atoms with E-state index in [1.54, 1.807) is 24.3 Å². The first-order chi connectivity index (χ1) is 14.0. The van der Waals surface area contributed by atoms with Gasteiger partial charge < -0.3 is 9.84 Å². The van der Waals surface area contributed by atoms with Crippen LogP contribution >= 0.6 is 0 Å². The molecule has 0 aliphatic carbocycles. The maximum absolute atomic E-state index is 12.6. The van der Waals surface area contributed by atoms with Crippen LogP contribution in [0.5, 0.6) is 5.75 Å². The summed E-state index contributed by atoms with van der Waals surface area (Å²) < 4.78 is 5.90. The second-order valence-electron chi connectivity index (χ2n) is 7.75. The fraction of sp³-hybridized carbons (Fsp3) is 0.417. The van der Waals surface area contributed by atoms with E-state index in [1.165, 1.54) is 4.90 Å². The molecular formula is C24H29NO4. The summed E-state index contributed by atoms with van der Waals surface area (Å²) in [5, 5.41) is 10.8. The van der Waals surface area contributed by atoms with E-state index in [-0.39, 0.29) is 24.3 Å². The van der Waals surface area contributed by atoms with E-state index in [0.29, 0.717) is 23.7 Å². The lowest BCUT2D eigenvalue weighted by molar-refractivity contribution is 0.0536. The van der Waals surface area contributed by atoms with Gasteiger partial charge in [-0.1, -0.05) is 57.9 Å². The number of benzene rings is 2. The molecule has 5 nitrogen and oxygen atoms in total. The highest BCUT2D eigenvalue weighted by atomic mass is 16.5. The molecule has 1 aliphatic rings. The van der Waals surface area contributed by atoms with Gasteiger partial charge >= 0.3 is 0 Å². The van der Waals surface area contributed by atoms with Gasteiger partial charge in [-0.25, -0.2) is 0 Å². The van der Waals surface area contributed by atoms with Crippen LogP contribution in [0, 0.1) is 11.8 Å². The third kappa shape index (κ3) is 4.51. The Hall–Kier alpha value is -2.66. The van der Waals surface area contributed by atoms with Gasteiger partial charge in [0.2, 0.25) is 0 Å². The molecule has 5 heteroatoms. The molecule has 2 aromatic carbocycles. The molecule has 2 aromatic rings. The highest BCUT2D eigenvalue weighted by Gasteiger charge is 2.36. The topological polar surface area (TPSA) is 66.8 Å². The molecule has 0 bridgehead atoms. The van der Waals surface area contributed by atoms with Crippen molar-refractivity contribution >= 4 is 11.8 Å². The molecular weight excluding hydrogens is 366 g/mol. The lowest BCUT2D eigenvalue weighted by Gasteiger charge is -2.24. The van der Waals surface area contributed by atoms with Crippen LogP contribution in [0.1, 0.15) is 66.0 Å². The Labute approximate surface area is 172 Å². The fourth-order valence-corrected chi connectivity index (χ4v) is 3.65. The number of imide groups is 1. The summed E-state index contributed by atoms with van der Waals surface area (Å²) >= 11 is 0. The van der Waals surface area contributed by atoms with Crippen molar-refractivity contribution in [1.29, 1.82) is 0 Å². The van der Waals surface area contributed by atoms with E-state index >= 15 is 0 Å². The second-order valence-corrected chi connectivity index (χ2v) is 7.75. The van der Waals surface area contributed by atoms with Crippen LogP contribution < -0.4 is 4.74 Å². The highest BCUT2D eigenvalue weighted by Crippen LogP contribution is 2.29.